The molecular weight excluding hydrogens is 476 g/mol. The van der Waals surface area contributed by atoms with Crippen molar-refractivity contribution in [2.24, 2.45) is 0 Å². The first-order chi connectivity index (χ1) is 15.6. The van der Waals surface area contributed by atoms with Crippen molar-refractivity contribution in [2.75, 3.05) is 11.9 Å². The van der Waals surface area contributed by atoms with E-state index in [1.54, 1.807) is 0 Å². The van der Waals surface area contributed by atoms with Crippen LogP contribution in [-0.4, -0.2) is 35.2 Å². The third-order valence-electron chi connectivity index (χ3n) is 5.68. The van der Waals surface area contributed by atoms with Gasteiger partial charge in [0.15, 0.2) is 8.32 Å². The second-order valence-corrected chi connectivity index (χ2v) is 16.0. The molecule has 0 atom stereocenters. The molecular formula is C23H32N2O7SSi. The summed E-state index contributed by atoms with van der Waals surface area (Å²) in [5.74, 6) is -0.770. The van der Waals surface area contributed by atoms with Gasteiger partial charge in [-0.05, 0) is 48.5 Å². The van der Waals surface area contributed by atoms with Crippen LogP contribution in [0.4, 0.5) is 5.69 Å². The molecule has 9 nitrogen and oxygen atoms in total. The summed E-state index contributed by atoms with van der Waals surface area (Å²) in [6.45, 7) is 12.2. The molecule has 0 aliphatic carbocycles. The van der Waals surface area contributed by atoms with Crippen molar-refractivity contribution in [3.63, 3.8) is 0 Å². The van der Waals surface area contributed by atoms with Gasteiger partial charge in [0, 0.05) is 37.3 Å². The van der Waals surface area contributed by atoms with Crippen LogP contribution in [0, 0.1) is 0 Å². The molecule has 11 heteroatoms. The van der Waals surface area contributed by atoms with E-state index in [0.717, 1.165) is 0 Å². The van der Waals surface area contributed by atoms with E-state index in [2.05, 4.69) is 39.2 Å². The van der Waals surface area contributed by atoms with Crippen molar-refractivity contribution < 1.29 is 26.9 Å². The number of rotatable bonds is 9. The minimum atomic E-state index is -4.12. The second kappa shape index (κ2) is 10.7. The van der Waals surface area contributed by atoms with Crippen LogP contribution >= 0.6 is 0 Å². The minimum Gasteiger partial charge on any atom is -0.428 e. The Balaban J connectivity index is 2.09. The smallest absolute Gasteiger partial charge is 0.335 e. The fourth-order valence-corrected chi connectivity index (χ4v) is 4.84. The van der Waals surface area contributed by atoms with Crippen LogP contribution in [-0.2, 0) is 36.9 Å². The summed E-state index contributed by atoms with van der Waals surface area (Å²) in [5, 5.41) is 2.55. The third-order valence-corrected chi connectivity index (χ3v) is 11.6. The summed E-state index contributed by atoms with van der Waals surface area (Å²) in [7, 11) is -6.13. The van der Waals surface area contributed by atoms with Gasteiger partial charge in [-0.1, -0.05) is 20.8 Å². The molecule has 0 saturated heterocycles. The minimum absolute atomic E-state index is 0.0158. The predicted molar refractivity (Wildman–Crippen MR) is 132 cm³/mol. The number of hydrogen-bond acceptors (Lipinski definition) is 7. The standard InChI is InChI=1S/C23H32N2O7SSi/c1-16(26)24-18-8-10-19(11-9-18)33(29,30)25-21(27)15-17-7-12-22(28)32-20(17)13-14-31-34(5,6)23(2,3)4/h7-12H,13-15H2,1-6H3,(H,24,26)(H,25,27). The highest BCUT2D eigenvalue weighted by Crippen LogP contribution is 2.36. The van der Waals surface area contributed by atoms with E-state index in [-0.39, 0.29) is 28.7 Å². The monoisotopic (exact) mass is 508 g/mol. The SMILES string of the molecule is CC(=O)Nc1ccc(S(=O)(=O)NC(=O)Cc2ccc(=O)oc2CCO[Si](C)(C)C(C)(C)C)cc1. The fraction of sp³-hybridized carbons (Fsp3) is 0.435. The number of nitrogens with one attached hydrogen (secondary N) is 2. The molecule has 0 bridgehead atoms. The normalized spacial score (nSPS) is 12.3. The number of sulfonamides is 1. The first-order valence-corrected chi connectivity index (χ1v) is 15.2. The molecule has 2 N–H and O–H groups in total. The van der Waals surface area contributed by atoms with Crippen LogP contribution in [0.25, 0.3) is 0 Å². The largest absolute Gasteiger partial charge is 0.428 e. The summed E-state index contributed by atoms with van der Waals surface area (Å²) in [6, 6.07) is 8.07. The topological polar surface area (TPSA) is 132 Å². The first kappa shape index (κ1) is 27.5. The molecule has 0 spiro atoms. The lowest BCUT2D eigenvalue weighted by atomic mass is 10.1. The quantitative estimate of drug-likeness (QED) is 0.497. The molecule has 0 fully saturated rings. The van der Waals surface area contributed by atoms with Gasteiger partial charge < -0.3 is 14.2 Å². The Kier molecular flexibility index (Phi) is 8.62. The summed E-state index contributed by atoms with van der Waals surface area (Å²) < 4.78 is 38.6. The zero-order valence-electron chi connectivity index (χ0n) is 20.4. The maximum absolute atomic E-state index is 12.6. The van der Waals surface area contributed by atoms with Crippen LogP contribution in [0.2, 0.25) is 18.1 Å². The number of carbonyl (C=O) groups excluding carboxylic acids is 2. The van der Waals surface area contributed by atoms with Crippen molar-refractivity contribution in [1.29, 1.82) is 0 Å². The molecule has 1 aromatic carbocycles. The summed E-state index contributed by atoms with van der Waals surface area (Å²) in [6.07, 6.45) is -0.00895. The molecule has 1 aromatic heterocycles. The fourth-order valence-electron chi connectivity index (χ4n) is 2.81. The van der Waals surface area contributed by atoms with Crippen LogP contribution in [0.1, 0.15) is 39.0 Å². The van der Waals surface area contributed by atoms with Crippen LogP contribution in [0.5, 0.6) is 0 Å². The van der Waals surface area contributed by atoms with Gasteiger partial charge in [0.1, 0.15) is 5.76 Å². The number of benzene rings is 1. The molecule has 186 valence electrons. The van der Waals surface area contributed by atoms with Crippen molar-refractivity contribution in [3.8, 4) is 0 Å². The van der Waals surface area contributed by atoms with E-state index < -0.39 is 29.9 Å². The lowest BCUT2D eigenvalue weighted by Gasteiger charge is -2.36. The highest BCUT2D eigenvalue weighted by atomic mass is 32.2. The van der Waals surface area contributed by atoms with Crippen LogP contribution in [0.3, 0.4) is 0 Å². The van der Waals surface area contributed by atoms with Gasteiger partial charge in [-0.25, -0.2) is 17.9 Å². The van der Waals surface area contributed by atoms with Gasteiger partial charge in [0.05, 0.1) is 11.3 Å². The number of carbonyl (C=O) groups is 2. The Hall–Kier alpha value is -2.76. The molecule has 2 rings (SSSR count). The Labute approximate surface area is 201 Å². The van der Waals surface area contributed by atoms with Crippen molar-refractivity contribution in [2.45, 2.75) is 63.6 Å². The highest BCUT2D eigenvalue weighted by Gasteiger charge is 2.37. The van der Waals surface area contributed by atoms with Crippen LogP contribution < -0.4 is 15.7 Å². The summed E-state index contributed by atoms with van der Waals surface area (Å²) in [4.78, 5) is 35.2. The predicted octanol–water partition coefficient (Wildman–Crippen LogP) is 3.21. The number of amides is 2. The average molecular weight is 509 g/mol. The molecule has 0 unspecified atom stereocenters. The average Bonchev–Trinajstić information content (AvgIpc) is 2.68. The van der Waals surface area contributed by atoms with E-state index in [0.29, 0.717) is 23.6 Å². The summed E-state index contributed by atoms with van der Waals surface area (Å²) >= 11 is 0. The Morgan fingerprint density at radius 1 is 1.06 bits per heavy atom. The molecule has 2 amide bonds. The Morgan fingerprint density at radius 2 is 1.68 bits per heavy atom. The molecule has 0 aliphatic rings. The number of anilines is 1. The molecule has 34 heavy (non-hydrogen) atoms. The van der Waals surface area contributed by atoms with Gasteiger partial charge in [0.2, 0.25) is 11.8 Å². The van der Waals surface area contributed by atoms with E-state index >= 15 is 0 Å². The zero-order chi connectivity index (χ0) is 25.7. The van der Waals surface area contributed by atoms with Gasteiger partial charge >= 0.3 is 5.63 Å². The second-order valence-electron chi connectivity index (χ2n) is 9.47. The van der Waals surface area contributed by atoms with Crippen LogP contribution in [0.15, 0.2) is 50.5 Å². The third kappa shape index (κ3) is 7.64. The summed E-state index contributed by atoms with van der Waals surface area (Å²) in [5.41, 5.74) is 0.284. The van der Waals surface area contributed by atoms with E-state index in [9.17, 15) is 22.8 Å². The highest BCUT2D eigenvalue weighted by molar-refractivity contribution is 7.90. The van der Waals surface area contributed by atoms with Gasteiger partial charge in [0.25, 0.3) is 10.0 Å². The molecule has 0 saturated carbocycles. The maximum atomic E-state index is 12.6. The van der Waals surface area contributed by atoms with Crippen molar-refractivity contribution in [1.82, 2.24) is 4.72 Å². The van der Waals surface area contributed by atoms with E-state index in [1.165, 1.54) is 43.3 Å². The van der Waals surface area contributed by atoms with E-state index in [4.69, 9.17) is 8.84 Å². The van der Waals surface area contributed by atoms with Gasteiger partial charge in [-0.15, -0.1) is 0 Å². The molecule has 1 heterocycles. The Bertz CT molecular complexity index is 1200. The van der Waals surface area contributed by atoms with Gasteiger partial charge in [-0.3, -0.25) is 9.59 Å². The molecule has 0 radical (unpaired) electrons. The van der Waals surface area contributed by atoms with Crippen molar-refractivity contribution >= 4 is 35.8 Å². The first-order valence-electron chi connectivity index (χ1n) is 10.8. The lowest BCUT2D eigenvalue weighted by Crippen LogP contribution is -2.41. The molecule has 0 aliphatic heterocycles. The van der Waals surface area contributed by atoms with Gasteiger partial charge in [-0.2, -0.15) is 0 Å². The molecule has 2 aromatic rings. The maximum Gasteiger partial charge on any atom is 0.335 e. The lowest BCUT2D eigenvalue weighted by molar-refractivity contribution is -0.118. The van der Waals surface area contributed by atoms with E-state index in [1.807, 2.05) is 4.72 Å². The Morgan fingerprint density at radius 3 is 2.24 bits per heavy atom. The number of hydrogen-bond donors (Lipinski definition) is 2. The zero-order valence-corrected chi connectivity index (χ0v) is 22.2. The van der Waals surface area contributed by atoms with Crippen molar-refractivity contribution in [3.05, 3.63) is 58.1 Å².